The first-order chi connectivity index (χ1) is 8.83. The van der Waals surface area contributed by atoms with Crippen molar-refractivity contribution in [2.24, 2.45) is 0 Å². The van der Waals surface area contributed by atoms with Crippen LogP contribution in [0.15, 0.2) is 53.2 Å². The van der Waals surface area contributed by atoms with E-state index in [9.17, 15) is 4.39 Å². The van der Waals surface area contributed by atoms with E-state index in [0.29, 0.717) is 21.1 Å². The Labute approximate surface area is 106 Å². The highest BCUT2D eigenvalue weighted by atomic mass is 32.2. The summed E-state index contributed by atoms with van der Waals surface area (Å²) in [5.41, 5.74) is 0.699. The normalized spacial score (nSPS) is 10.7. The fraction of sp³-hybridized carbons (Fsp3) is 0. The van der Waals surface area contributed by atoms with Gasteiger partial charge in [-0.05, 0) is 36.0 Å². The van der Waals surface area contributed by atoms with E-state index >= 15 is 0 Å². The molecule has 0 unspecified atom stereocenters. The highest BCUT2D eigenvalue weighted by molar-refractivity contribution is 7.99. The second-order valence-electron chi connectivity index (χ2n) is 3.47. The monoisotopic (exact) mass is 258 g/mol. The van der Waals surface area contributed by atoms with Gasteiger partial charge in [0, 0.05) is 17.8 Å². The van der Waals surface area contributed by atoms with Gasteiger partial charge >= 0.3 is 0 Å². The molecule has 2 aromatic heterocycles. The van der Waals surface area contributed by atoms with E-state index in [2.05, 4.69) is 19.9 Å². The van der Waals surface area contributed by atoms with Gasteiger partial charge in [-0.15, -0.1) is 0 Å². The molecule has 88 valence electrons. The van der Waals surface area contributed by atoms with Crippen LogP contribution < -0.4 is 0 Å². The van der Waals surface area contributed by atoms with Gasteiger partial charge in [0.25, 0.3) is 0 Å². The van der Waals surface area contributed by atoms with Crippen molar-refractivity contribution in [3.05, 3.63) is 48.8 Å². The minimum Gasteiger partial charge on any atom is -0.236 e. The van der Waals surface area contributed by atoms with Crippen LogP contribution >= 0.6 is 11.8 Å². The molecule has 0 radical (unpaired) electrons. The molecule has 0 aliphatic heterocycles. The van der Waals surface area contributed by atoms with Crippen molar-refractivity contribution in [2.75, 3.05) is 0 Å². The number of hydrogen-bond donors (Lipinski definition) is 0. The quantitative estimate of drug-likeness (QED) is 0.522. The maximum absolute atomic E-state index is 13.3. The lowest BCUT2D eigenvalue weighted by molar-refractivity contribution is 0.629. The first kappa shape index (κ1) is 11.0. The van der Waals surface area contributed by atoms with Crippen LogP contribution in [-0.2, 0) is 0 Å². The number of halogens is 1. The zero-order valence-electron chi connectivity index (χ0n) is 9.12. The van der Waals surface area contributed by atoms with Crippen molar-refractivity contribution in [1.82, 2.24) is 19.9 Å². The molecule has 0 aliphatic rings. The highest BCUT2D eigenvalue weighted by Crippen LogP contribution is 2.28. The van der Waals surface area contributed by atoms with E-state index < -0.39 is 0 Å². The molecule has 0 amide bonds. The Kier molecular flexibility index (Phi) is 2.85. The van der Waals surface area contributed by atoms with E-state index in [0.717, 1.165) is 0 Å². The number of benzene rings is 1. The van der Waals surface area contributed by atoms with E-state index in [1.165, 1.54) is 30.2 Å². The molecule has 4 nitrogen and oxygen atoms in total. The lowest BCUT2D eigenvalue weighted by atomic mass is 10.2. The minimum atomic E-state index is -0.312. The summed E-state index contributed by atoms with van der Waals surface area (Å²) in [7, 11) is 0. The van der Waals surface area contributed by atoms with E-state index in [1.54, 1.807) is 24.5 Å². The molecule has 0 saturated carbocycles. The second-order valence-corrected chi connectivity index (χ2v) is 4.43. The Morgan fingerprint density at radius 3 is 2.67 bits per heavy atom. The summed E-state index contributed by atoms with van der Waals surface area (Å²) in [6, 6.07) is 6.16. The predicted octanol–water partition coefficient (Wildman–Crippen LogP) is 2.71. The molecular weight excluding hydrogens is 251 g/mol. The van der Waals surface area contributed by atoms with Gasteiger partial charge in [0.2, 0.25) is 0 Å². The zero-order chi connectivity index (χ0) is 12.4. The third-order valence-corrected chi connectivity index (χ3v) is 3.20. The Bertz CT molecular complexity index is 690. The van der Waals surface area contributed by atoms with Crippen LogP contribution in [-0.4, -0.2) is 19.9 Å². The average molecular weight is 258 g/mol. The number of hydrogen-bond acceptors (Lipinski definition) is 5. The molecule has 18 heavy (non-hydrogen) atoms. The summed E-state index contributed by atoms with van der Waals surface area (Å²) in [6.45, 7) is 0. The molecule has 2 heterocycles. The third-order valence-electron chi connectivity index (χ3n) is 2.29. The summed E-state index contributed by atoms with van der Waals surface area (Å²) >= 11 is 1.29. The Morgan fingerprint density at radius 1 is 1.00 bits per heavy atom. The van der Waals surface area contributed by atoms with Crippen LogP contribution in [0.1, 0.15) is 0 Å². The standard InChI is InChI=1S/C12H7FN4S/c13-8-2-3-10-9(6-8)11(17-7-16-10)18-12-14-4-1-5-15-12/h1-7H. The van der Waals surface area contributed by atoms with Crippen LogP contribution in [0.2, 0.25) is 0 Å². The molecule has 6 heteroatoms. The second kappa shape index (κ2) is 4.66. The Hall–Kier alpha value is -2.08. The van der Waals surface area contributed by atoms with Gasteiger partial charge in [0.15, 0.2) is 5.16 Å². The first-order valence-electron chi connectivity index (χ1n) is 5.18. The van der Waals surface area contributed by atoms with Gasteiger partial charge in [0.05, 0.1) is 5.52 Å². The van der Waals surface area contributed by atoms with Crippen molar-refractivity contribution >= 4 is 22.7 Å². The zero-order valence-corrected chi connectivity index (χ0v) is 9.93. The number of nitrogens with zero attached hydrogens (tertiary/aromatic N) is 4. The fourth-order valence-electron chi connectivity index (χ4n) is 1.51. The molecule has 0 aliphatic carbocycles. The smallest absolute Gasteiger partial charge is 0.193 e. The maximum Gasteiger partial charge on any atom is 0.193 e. The summed E-state index contributed by atoms with van der Waals surface area (Å²) in [6.07, 6.45) is 4.75. The average Bonchev–Trinajstić information content (AvgIpc) is 2.41. The Morgan fingerprint density at radius 2 is 1.83 bits per heavy atom. The molecule has 0 N–H and O–H groups in total. The van der Waals surface area contributed by atoms with Crippen molar-refractivity contribution < 1.29 is 4.39 Å². The molecule has 0 saturated heterocycles. The minimum absolute atomic E-state index is 0.312. The topological polar surface area (TPSA) is 51.6 Å². The largest absolute Gasteiger partial charge is 0.236 e. The molecule has 0 fully saturated rings. The van der Waals surface area contributed by atoms with Gasteiger partial charge in [-0.2, -0.15) is 0 Å². The van der Waals surface area contributed by atoms with Gasteiger partial charge in [-0.3, -0.25) is 0 Å². The van der Waals surface area contributed by atoms with E-state index in [-0.39, 0.29) is 5.82 Å². The van der Waals surface area contributed by atoms with E-state index in [4.69, 9.17) is 0 Å². The lowest BCUT2D eigenvalue weighted by Gasteiger charge is -2.03. The molecule has 3 aromatic rings. The number of fused-ring (bicyclic) bond motifs is 1. The molecule has 0 spiro atoms. The molecule has 1 aromatic carbocycles. The van der Waals surface area contributed by atoms with Gasteiger partial charge < -0.3 is 0 Å². The molecular formula is C12H7FN4S. The number of aromatic nitrogens is 4. The van der Waals surface area contributed by atoms with Crippen molar-refractivity contribution in [1.29, 1.82) is 0 Å². The van der Waals surface area contributed by atoms with Gasteiger partial charge in [-0.25, -0.2) is 24.3 Å². The van der Waals surface area contributed by atoms with Crippen LogP contribution in [0.4, 0.5) is 4.39 Å². The third kappa shape index (κ3) is 2.14. The SMILES string of the molecule is Fc1ccc2ncnc(Sc3ncccn3)c2c1. The molecule has 3 rings (SSSR count). The Balaban J connectivity index is 2.09. The van der Waals surface area contributed by atoms with Crippen LogP contribution in [0.5, 0.6) is 0 Å². The van der Waals surface area contributed by atoms with Crippen molar-refractivity contribution in [3.8, 4) is 0 Å². The van der Waals surface area contributed by atoms with E-state index in [1.807, 2.05) is 0 Å². The molecule has 0 bridgehead atoms. The molecule has 0 atom stereocenters. The summed E-state index contributed by atoms with van der Waals surface area (Å²) in [5, 5.41) is 1.88. The fourth-order valence-corrected chi connectivity index (χ4v) is 2.28. The summed E-state index contributed by atoms with van der Waals surface area (Å²) in [4.78, 5) is 16.4. The van der Waals surface area contributed by atoms with Crippen molar-refractivity contribution in [3.63, 3.8) is 0 Å². The summed E-state index contributed by atoms with van der Waals surface area (Å²) in [5.74, 6) is -0.312. The highest BCUT2D eigenvalue weighted by Gasteiger charge is 2.08. The van der Waals surface area contributed by atoms with Crippen LogP contribution in [0.3, 0.4) is 0 Å². The first-order valence-corrected chi connectivity index (χ1v) is 6.00. The van der Waals surface area contributed by atoms with Crippen LogP contribution in [0, 0.1) is 5.82 Å². The maximum atomic E-state index is 13.3. The number of rotatable bonds is 2. The van der Waals surface area contributed by atoms with Crippen molar-refractivity contribution in [2.45, 2.75) is 10.2 Å². The van der Waals surface area contributed by atoms with Gasteiger partial charge in [-0.1, -0.05) is 0 Å². The summed E-state index contributed by atoms with van der Waals surface area (Å²) < 4.78 is 13.3. The van der Waals surface area contributed by atoms with Crippen LogP contribution in [0.25, 0.3) is 10.9 Å². The lowest BCUT2D eigenvalue weighted by Crippen LogP contribution is -1.90. The predicted molar refractivity (Wildman–Crippen MR) is 65.7 cm³/mol. The van der Waals surface area contributed by atoms with Gasteiger partial charge in [0.1, 0.15) is 17.2 Å².